The lowest BCUT2D eigenvalue weighted by molar-refractivity contribution is -0.479. The van der Waals surface area contributed by atoms with Gasteiger partial charge in [-0.25, -0.2) is 0 Å². The number of nitrogens with zero attached hydrogens (tertiary/aromatic N) is 1. The van der Waals surface area contributed by atoms with Gasteiger partial charge in [-0.15, -0.1) is 11.6 Å². The molecule has 0 saturated heterocycles. The predicted molar refractivity (Wildman–Crippen MR) is 53.2 cm³/mol. The average molecular weight is 257 g/mol. The Hall–Kier alpha value is 0.560. The van der Waals surface area contributed by atoms with Crippen LogP contribution in [0.1, 0.15) is 13.3 Å². The highest BCUT2D eigenvalue weighted by molar-refractivity contribution is 6.69. The van der Waals surface area contributed by atoms with Crippen molar-refractivity contribution in [2.45, 2.75) is 17.1 Å². The van der Waals surface area contributed by atoms with Crippen molar-refractivity contribution in [3.05, 3.63) is 10.1 Å². The maximum atomic E-state index is 9.40. The Kier molecular flexibility index (Phi) is 10.2. The molecule has 0 aliphatic rings. The molecule has 0 radical (unpaired) electrons. The Morgan fingerprint density at radius 3 is 1.75 bits per heavy atom. The Balaban J connectivity index is 0. The molecule has 0 saturated carbocycles. The van der Waals surface area contributed by atoms with Crippen molar-refractivity contribution >= 4 is 46.4 Å². The van der Waals surface area contributed by atoms with E-state index in [1.165, 1.54) is 0 Å². The second-order valence-electron chi connectivity index (χ2n) is 1.81. The average Bonchev–Trinajstić information content (AvgIpc) is 1.87. The first-order valence-corrected chi connectivity index (χ1v) is 4.74. The molecule has 3 nitrogen and oxygen atoms in total. The SMILES string of the molecule is CCC[N+](=O)[O-].ClCC(Cl)(Cl)Cl. The Morgan fingerprint density at radius 1 is 1.42 bits per heavy atom. The molecule has 0 spiro atoms. The molecule has 0 aromatic carbocycles. The molecule has 7 heteroatoms. The quantitative estimate of drug-likeness (QED) is 0.432. The molecule has 0 rings (SSSR count). The summed E-state index contributed by atoms with van der Waals surface area (Å²) in [4.78, 5) is 9.09. The van der Waals surface area contributed by atoms with Crippen LogP contribution < -0.4 is 0 Å². The van der Waals surface area contributed by atoms with Crippen molar-refractivity contribution in [3.63, 3.8) is 0 Å². The Labute approximate surface area is 91.1 Å². The third-order valence-corrected chi connectivity index (χ3v) is 1.77. The minimum atomic E-state index is -1.28. The van der Waals surface area contributed by atoms with Gasteiger partial charge in [0.25, 0.3) is 0 Å². The summed E-state index contributed by atoms with van der Waals surface area (Å²) in [5.41, 5.74) is 0. The van der Waals surface area contributed by atoms with Crippen LogP contribution >= 0.6 is 46.4 Å². The largest absolute Gasteiger partial charge is 0.265 e. The second kappa shape index (κ2) is 8.17. The van der Waals surface area contributed by atoms with E-state index < -0.39 is 3.79 Å². The van der Waals surface area contributed by atoms with Crippen LogP contribution in [-0.4, -0.2) is 21.1 Å². The van der Waals surface area contributed by atoms with E-state index in [0.29, 0.717) is 6.42 Å². The van der Waals surface area contributed by atoms with E-state index in [1.54, 1.807) is 6.92 Å². The van der Waals surface area contributed by atoms with Crippen molar-refractivity contribution < 1.29 is 4.92 Å². The molecule has 0 N–H and O–H groups in total. The number of alkyl halides is 4. The van der Waals surface area contributed by atoms with E-state index in [9.17, 15) is 10.1 Å². The molecule has 12 heavy (non-hydrogen) atoms. The van der Waals surface area contributed by atoms with Crippen LogP contribution in [-0.2, 0) is 0 Å². The van der Waals surface area contributed by atoms with Gasteiger partial charge < -0.3 is 0 Å². The Bertz CT molecular complexity index is 125. The van der Waals surface area contributed by atoms with E-state index in [0.717, 1.165) is 0 Å². The molecule has 0 aromatic heterocycles. The smallest absolute Gasteiger partial charge is 0.203 e. The van der Waals surface area contributed by atoms with Crippen LogP contribution in [0.3, 0.4) is 0 Å². The number of hydrogen-bond donors (Lipinski definition) is 0. The first-order valence-electron chi connectivity index (χ1n) is 3.08. The van der Waals surface area contributed by atoms with Crippen LogP contribution in [0.2, 0.25) is 0 Å². The van der Waals surface area contributed by atoms with Gasteiger partial charge in [-0.05, 0) is 0 Å². The lowest BCUT2D eigenvalue weighted by atomic mass is 10.5. The zero-order valence-corrected chi connectivity index (χ0v) is 9.42. The number of rotatable bonds is 2. The lowest BCUT2D eigenvalue weighted by Crippen LogP contribution is -2.01. The summed E-state index contributed by atoms with van der Waals surface area (Å²) >= 11 is 20.4. The van der Waals surface area contributed by atoms with Crippen molar-refractivity contribution in [1.29, 1.82) is 0 Å². The lowest BCUT2D eigenvalue weighted by Gasteiger charge is -2.00. The van der Waals surface area contributed by atoms with Crippen LogP contribution in [0.25, 0.3) is 0 Å². The fourth-order valence-electron chi connectivity index (χ4n) is 0.183. The molecule has 0 unspecified atom stereocenters. The first kappa shape index (κ1) is 15.1. The standard InChI is InChI=1S/C3H7NO2.C2H2Cl4/c1-2-3-4(5)6;3-1-2(4,5)6/h2-3H2,1H3;1H2. The zero-order chi connectivity index (χ0) is 10.2. The summed E-state index contributed by atoms with van der Waals surface area (Å²) < 4.78 is -1.28. The van der Waals surface area contributed by atoms with Gasteiger partial charge in [-0.3, -0.25) is 10.1 Å². The molecule has 0 atom stereocenters. The van der Waals surface area contributed by atoms with Gasteiger partial charge in [0.05, 0.1) is 5.88 Å². The maximum absolute atomic E-state index is 9.40. The summed E-state index contributed by atoms with van der Waals surface area (Å²) in [6.45, 7) is 1.88. The molecule has 0 aliphatic carbocycles. The predicted octanol–water partition coefficient (Wildman–Crippen LogP) is 3.27. The van der Waals surface area contributed by atoms with Crippen molar-refractivity contribution in [2.24, 2.45) is 0 Å². The van der Waals surface area contributed by atoms with Gasteiger partial charge in [0.2, 0.25) is 10.3 Å². The van der Waals surface area contributed by atoms with Crippen molar-refractivity contribution in [2.75, 3.05) is 12.4 Å². The summed E-state index contributed by atoms with van der Waals surface area (Å²) in [5.74, 6) is 0.0394. The van der Waals surface area contributed by atoms with E-state index in [2.05, 4.69) is 0 Å². The van der Waals surface area contributed by atoms with Gasteiger partial charge in [-0.1, -0.05) is 41.7 Å². The van der Waals surface area contributed by atoms with E-state index >= 15 is 0 Å². The monoisotopic (exact) mass is 255 g/mol. The van der Waals surface area contributed by atoms with Gasteiger partial charge >= 0.3 is 0 Å². The topological polar surface area (TPSA) is 43.1 Å². The third kappa shape index (κ3) is 22.4. The molecule has 74 valence electrons. The van der Waals surface area contributed by atoms with E-state index in [1.807, 2.05) is 0 Å². The number of nitro groups is 1. The molecule has 0 heterocycles. The minimum absolute atomic E-state index is 0.0394. The van der Waals surface area contributed by atoms with Crippen LogP contribution in [0.15, 0.2) is 0 Å². The Morgan fingerprint density at radius 2 is 1.75 bits per heavy atom. The maximum Gasteiger partial charge on any atom is 0.203 e. The highest BCUT2D eigenvalue weighted by Crippen LogP contribution is 2.26. The number of hydrogen-bond acceptors (Lipinski definition) is 2. The molecule has 0 aliphatic heterocycles. The summed E-state index contributed by atoms with van der Waals surface area (Å²) in [6.07, 6.45) is 0.632. The van der Waals surface area contributed by atoms with Crippen molar-refractivity contribution in [3.8, 4) is 0 Å². The van der Waals surface area contributed by atoms with Crippen LogP contribution in [0, 0.1) is 10.1 Å². The first-order chi connectivity index (χ1) is 5.33. The summed E-state index contributed by atoms with van der Waals surface area (Å²) in [6, 6.07) is 0. The third-order valence-electron chi connectivity index (χ3n) is 0.558. The van der Waals surface area contributed by atoms with Gasteiger partial charge in [0.1, 0.15) is 0 Å². The number of halogens is 4. The minimum Gasteiger partial charge on any atom is -0.265 e. The highest BCUT2D eigenvalue weighted by Gasteiger charge is 2.16. The van der Waals surface area contributed by atoms with Crippen molar-refractivity contribution in [1.82, 2.24) is 0 Å². The van der Waals surface area contributed by atoms with Crippen LogP contribution in [0.4, 0.5) is 0 Å². The molecular weight excluding hydrogens is 248 g/mol. The van der Waals surface area contributed by atoms with Gasteiger partial charge in [0.15, 0.2) is 0 Å². The fraction of sp³-hybridized carbons (Fsp3) is 1.00. The molecule has 0 bridgehead atoms. The van der Waals surface area contributed by atoms with Crippen LogP contribution in [0.5, 0.6) is 0 Å². The summed E-state index contributed by atoms with van der Waals surface area (Å²) in [7, 11) is 0. The molecular formula is C5H9Cl4NO2. The highest BCUT2D eigenvalue weighted by atomic mass is 35.6. The van der Waals surface area contributed by atoms with E-state index in [-0.39, 0.29) is 17.3 Å². The zero-order valence-electron chi connectivity index (χ0n) is 6.40. The molecule has 0 fully saturated rings. The molecule has 0 aromatic rings. The van der Waals surface area contributed by atoms with Gasteiger partial charge in [-0.2, -0.15) is 0 Å². The second-order valence-corrected chi connectivity index (χ2v) is 4.59. The van der Waals surface area contributed by atoms with E-state index in [4.69, 9.17) is 46.4 Å². The molecule has 0 amide bonds. The summed E-state index contributed by atoms with van der Waals surface area (Å²) in [5, 5.41) is 9.40. The fourth-order valence-corrected chi connectivity index (χ4v) is 0.183. The normalized spacial score (nSPS) is 10.1. The van der Waals surface area contributed by atoms with Gasteiger partial charge in [0, 0.05) is 11.3 Å².